The Morgan fingerprint density at radius 3 is 1.05 bits per heavy atom. The summed E-state index contributed by atoms with van der Waals surface area (Å²) in [5, 5.41) is 39.9. The second kappa shape index (κ2) is 24.7. The number of rotatable bonds is 23. The standard InChI is InChI=1S/C40H37N9O30S9/c1-18(78-87(70,71)72)80(51,52)20-5-9-25(33(11-20)82(55,56)57)42-44-27-16-35(84(61,62)63)29(14-31(27)76-3)46-48-38-23-13-37(86(67,68)69)39(40(50)22(23)7-8-24(38)41)49-47-30-15-32(77-4)28(17-36(30)85(64,65)66)45-43-26-10-6-21(12-34(26)83(58,59)60)81(53,54)19(2)79-88(73,74)75/h5-19,50H,41H2,1-4H3,(H,55,56,57)(H,58,59,60)(H,61,62,63)(H,64,65,66)(H,67,68,69)(H,70,71,72)(H,73,74,75). The third-order valence-corrected chi connectivity index (χ3v) is 20.6. The van der Waals surface area contributed by atoms with Crippen molar-refractivity contribution in [3.63, 3.8) is 0 Å². The van der Waals surface area contributed by atoms with Crippen molar-refractivity contribution in [2.24, 2.45) is 40.9 Å². The molecule has 0 spiro atoms. The third kappa shape index (κ3) is 16.0. The average molecular weight is 1410 g/mol. The first-order chi connectivity index (χ1) is 40.1. The lowest BCUT2D eigenvalue weighted by atomic mass is 10.1. The summed E-state index contributed by atoms with van der Waals surface area (Å²) in [4.78, 5) is -8.41. The molecule has 2 unspecified atom stereocenters. The number of methoxy groups -OCH3 is 2. The molecule has 48 heteroatoms. The Labute approximate surface area is 496 Å². The molecule has 0 bridgehead atoms. The van der Waals surface area contributed by atoms with Crippen molar-refractivity contribution in [1.29, 1.82) is 0 Å². The monoisotopic (exact) mass is 1410 g/mol. The number of sulfone groups is 2. The van der Waals surface area contributed by atoms with Gasteiger partial charge in [0.15, 0.2) is 16.6 Å². The number of ether oxygens (including phenoxy) is 2. The molecule has 39 nitrogen and oxygen atoms in total. The van der Waals surface area contributed by atoms with Crippen LogP contribution in [0.1, 0.15) is 13.8 Å². The highest BCUT2D eigenvalue weighted by Gasteiger charge is 2.33. The SMILES string of the molecule is COc1cc(N=Nc2c(S(=O)(=O)O)cc3c(N=Nc4cc(OC)c(N=Nc5ccc(S(=O)(=O)C(C)OS(=O)(=O)O)cc5S(=O)(=O)O)cc4S(=O)(=O)O)c(N)ccc3c2O)c(S(=O)(=O)O)cc1N=Nc1ccc(S(=O)(=O)C(C)OS(=O)(=O)O)cc1S(=O)(=O)O. The van der Waals surface area contributed by atoms with Gasteiger partial charge in [0.05, 0.1) is 29.7 Å². The predicted molar refractivity (Wildman–Crippen MR) is 293 cm³/mol. The van der Waals surface area contributed by atoms with E-state index in [0.29, 0.717) is 68.4 Å². The van der Waals surface area contributed by atoms with E-state index in [2.05, 4.69) is 49.3 Å². The fourth-order valence-electron chi connectivity index (χ4n) is 7.13. The Morgan fingerprint density at radius 2 is 0.705 bits per heavy atom. The van der Waals surface area contributed by atoms with Crippen LogP contribution in [0.5, 0.6) is 17.2 Å². The number of hydrogen-bond acceptors (Lipinski definition) is 32. The number of phenols is 1. The molecule has 0 aliphatic heterocycles. The molecule has 0 amide bonds. The van der Waals surface area contributed by atoms with Crippen LogP contribution in [-0.4, -0.2) is 138 Å². The minimum absolute atomic E-state index is 0.280. The van der Waals surface area contributed by atoms with E-state index in [4.69, 9.17) is 24.3 Å². The molecule has 0 saturated carbocycles. The van der Waals surface area contributed by atoms with E-state index in [9.17, 15) is 104 Å². The molecule has 0 aliphatic carbocycles. The molecule has 0 saturated heterocycles. The number of azo groups is 4. The van der Waals surface area contributed by atoms with Crippen molar-refractivity contribution in [3.8, 4) is 17.2 Å². The van der Waals surface area contributed by atoms with Crippen LogP contribution in [0.25, 0.3) is 10.8 Å². The molecule has 2 atom stereocenters. The predicted octanol–water partition coefficient (Wildman–Crippen LogP) is 5.92. The second-order valence-electron chi connectivity index (χ2n) is 16.9. The normalized spacial score (nSPS) is 14.4. The number of nitrogens with zero attached hydrogens (tertiary/aromatic N) is 8. The van der Waals surface area contributed by atoms with Crippen LogP contribution >= 0.6 is 0 Å². The maximum absolute atomic E-state index is 13.0. The number of benzene rings is 6. The first-order valence-corrected chi connectivity index (χ1v) is 35.3. The zero-order valence-electron chi connectivity index (χ0n) is 43.5. The Balaban J connectivity index is 1.44. The van der Waals surface area contributed by atoms with Crippen LogP contribution < -0.4 is 15.2 Å². The maximum atomic E-state index is 13.0. The summed E-state index contributed by atoms with van der Waals surface area (Å²) in [6.45, 7) is 1.29. The highest BCUT2D eigenvalue weighted by atomic mass is 32.3. The summed E-state index contributed by atoms with van der Waals surface area (Å²) in [7, 11) is -46.2. The smallest absolute Gasteiger partial charge is 0.398 e. The highest BCUT2D eigenvalue weighted by Crippen LogP contribution is 2.48. The summed E-state index contributed by atoms with van der Waals surface area (Å²) in [6, 6.07) is 7.97. The van der Waals surface area contributed by atoms with Crippen molar-refractivity contribution in [2.45, 2.75) is 59.0 Å². The molecule has 6 rings (SSSR count). The van der Waals surface area contributed by atoms with Crippen molar-refractivity contribution in [1.82, 2.24) is 0 Å². The van der Waals surface area contributed by atoms with Crippen LogP contribution in [0.2, 0.25) is 0 Å². The molecule has 476 valence electrons. The molecule has 6 aromatic carbocycles. The summed E-state index contributed by atoms with van der Waals surface area (Å²) < 4.78 is 310. The number of nitrogen functional groups attached to an aromatic ring is 1. The number of aromatic hydroxyl groups is 1. The van der Waals surface area contributed by atoms with Gasteiger partial charge in [-0.05, 0) is 80.6 Å². The zero-order chi connectivity index (χ0) is 66.5. The third-order valence-electron chi connectivity index (χ3n) is 11.1. The van der Waals surface area contributed by atoms with Gasteiger partial charge in [-0.15, -0.1) is 40.9 Å². The number of phenolic OH excluding ortho intramolecular Hbond substituents is 1. The topological polar surface area (TPSA) is 631 Å². The van der Waals surface area contributed by atoms with Gasteiger partial charge in [0.2, 0.25) is 19.7 Å². The zero-order valence-corrected chi connectivity index (χ0v) is 50.9. The Bertz CT molecular complexity index is 5120. The van der Waals surface area contributed by atoms with Crippen molar-refractivity contribution in [3.05, 3.63) is 78.9 Å². The Morgan fingerprint density at radius 1 is 0.375 bits per heavy atom. The molecule has 88 heavy (non-hydrogen) atoms. The number of fused-ring (bicyclic) bond motifs is 1. The summed E-state index contributed by atoms with van der Waals surface area (Å²) in [5.74, 6) is -2.31. The van der Waals surface area contributed by atoms with E-state index >= 15 is 0 Å². The lowest BCUT2D eigenvalue weighted by Gasteiger charge is -2.13. The average Bonchev–Trinajstić information content (AvgIpc) is 0.887. The van der Waals surface area contributed by atoms with Crippen molar-refractivity contribution >= 4 is 153 Å². The van der Waals surface area contributed by atoms with E-state index in [1.165, 1.54) is 0 Å². The van der Waals surface area contributed by atoms with Gasteiger partial charge in [-0.25, -0.2) is 25.2 Å². The van der Waals surface area contributed by atoms with Crippen molar-refractivity contribution < 1.29 is 131 Å². The van der Waals surface area contributed by atoms with Gasteiger partial charge in [-0.1, -0.05) is 0 Å². The van der Waals surface area contributed by atoms with E-state index in [1.807, 2.05) is 0 Å². The first kappa shape index (κ1) is 69.5. The van der Waals surface area contributed by atoms with E-state index in [-0.39, 0.29) is 6.07 Å². The lowest BCUT2D eigenvalue weighted by molar-refractivity contribution is 0.250. The van der Waals surface area contributed by atoms with Gasteiger partial charge in [0, 0.05) is 22.9 Å². The van der Waals surface area contributed by atoms with Crippen LogP contribution in [0.15, 0.2) is 154 Å². The van der Waals surface area contributed by atoms with E-state index in [1.54, 1.807) is 0 Å². The molecular formula is C40H37N9O30S9. The second-order valence-corrected chi connectivity index (χ2v) is 30.4. The molecular weight excluding hydrogens is 1380 g/mol. The summed E-state index contributed by atoms with van der Waals surface area (Å²) in [6.07, 6.45) is 0. The fourth-order valence-corrected chi connectivity index (χ4v) is 14.4. The van der Waals surface area contributed by atoms with Crippen LogP contribution in [-0.2, 0) is 99.4 Å². The number of hydrogen-bond donors (Lipinski definition) is 9. The van der Waals surface area contributed by atoms with E-state index < -0.39 is 215 Å². The Hall–Kier alpha value is -7.63. The largest absolute Gasteiger partial charge is 0.505 e. The number of nitrogens with two attached hydrogens (primary N) is 1. The fraction of sp³-hybridized carbons (Fsp3) is 0.150. The first-order valence-electron chi connectivity index (χ1n) is 22.2. The van der Waals surface area contributed by atoms with Crippen LogP contribution in [0, 0.1) is 0 Å². The molecule has 0 aliphatic rings. The van der Waals surface area contributed by atoms with Gasteiger partial charge in [0.25, 0.3) is 50.6 Å². The Kier molecular flexibility index (Phi) is 19.5. The molecule has 0 fully saturated rings. The van der Waals surface area contributed by atoms with Gasteiger partial charge >= 0.3 is 20.8 Å². The van der Waals surface area contributed by atoms with Crippen LogP contribution in [0.3, 0.4) is 0 Å². The molecule has 6 aromatic rings. The van der Waals surface area contributed by atoms with Crippen LogP contribution in [0.4, 0.5) is 51.2 Å². The number of anilines is 1. The van der Waals surface area contributed by atoms with Gasteiger partial charge in [-0.3, -0.25) is 31.9 Å². The minimum atomic E-state index is -5.61. The summed E-state index contributed by atoms with van der Waals surface area (Å²) in [5.41, 5.74) is -5.79. The van der Waals surface area contributed by atoms with Gasteiger partial charge in [0.1, 0.15) is 81.5 Å². The quantitative estimate of drug-likeness (QED) is 0.0204. The minimum Gasteiger partial charge on any atom is -0.505 e. The molecule has 0 aromatic heterocycles. The maximum Gasteiger partial charge on any atom is 0.398 e. The van der Waals surface area contributed by atoms with Gasteiger partial charge < -0.3 is 20.3 Å². The highest BCUT2D eigenvalue weighted by molar-refractivity contribution is 7.93. The molecule has 0 radical (unpaired) electrons. The van der Waals surface area contributed by atoms with Gasteiger partial charge in [-0.2, -0.15) is 58.9 Å². The summed E-state index contributed by atoms with van der Waals surface area (Å²) >= 11 is 0. The van der Waals surface area contributed by atoms with E-state index in [0.717, 1.165) is 32.4 Å². The molecule has 0 heterocycles. The van der Waals surface area contributed by atoms with Crippen molar-refractivity contribution in [2.75, 3.05) is 20.0 Å². The lowest BCUT2D eigenvalue weighted by Crippen LogP contribution is -2.24. The molecule has 10 N–H and O–H groups in total.